The van der Waals surface area contributed by atoms with E-state index in [1.807, 2.05) is 6.08 Å². The number of aromatic hydroxyl groups is 1. The van der Waals surface area contributed by atoms with Crippen LogP contribution in [0.3, 0.4) is 0 Å². The number of benzene rings is 4. The van der Waals surface area contributed by atoms with Crippen molar-refractivity contribution in [1.82, 2.24) is 0 Å². The summed E-state index contributed by atoms with van der Waals surface area (Å²) in [5.74, 6) is -7.25. The van der Waals surface area contributed by atoms with E-state index < -0.39 is 68.0 Å². The number of hydrogen-bond donors (Lipinski definition) is 1. The number of amides is 2. The van der Waals surface area contributed by atoms with Gasteiger partial charge in [0.1, 0.15) is 17.2 Å². The van der Waals surface area contributed by atoms with Crippen molar-refractivity contribution in [2.24, 2.45) is 23.7 Å². The van der Waals surface area contributed by atoms with E-state index >= 15 is 9.59 Å². The number of nitrogens with zero attached hydrogens (tertiary/aromatic N) is 4. The summed E-state index contributed by atoms with van der Waals surface area (Å²) in [4.78, 5) is 85.0. The number of methoxy groups -OCH3 is 2. The smallest absolute Gasteiger partial charge is 0.301 e. The Morgan fingerprint density at radius 1 is 0.814 bits per heavy atom. The van der Waals surface area contributed by atoms with E-state index in [1.165, 1.54) is 51.4 Å². The molecule has 0 bridgehead atoms. The maximum absolute atomic E-state index is 15.4. The topological polar surface area (TPSA) is 200 Å². The number of nitro groups is 2. The molecule has 6 atom stereocenters. The third kappa shape index (κ3) is 5.70. The lowest BCUT2D eigenvalue weighted by Crippen LogP contribution is -2.59. The summed E-state index contributed by atoms with van der Waals surface area (Å²) in [6, 6.07) is 22.4. The number of carbonyl (C=O) groups is 4. The third-order valence-corrected chi connectivity index (χ3v) is 12.3. The monoisotopic (exact) mass is 798 g/mol. The maximum Gasteiger partial charge on any atom is 0.301 e. The van der Waals surface area contributed by atoms with Gasteiger partial charge in [0.15, 0.2) is 17.3 Å². The minimum Gasteiger partial charge on any atom is -0.508 e. The highest BCUT2D eigenvalue weighted by Crippen LogP contribution is 2.66. The average molecular weight is 799 g/mol. The molecule has 3 aliphatic carbocycles. The molecule has 0 unspecified atom stereocenters. The van der Waals surface area contributed by atoms with Crippen LogP contribution in [0.15, 0.2) is 103 Å². The summed E-state index contributed by atoms with van der Waals surface area (Å²) in [5.41, 5.74) is -1.48. The summed E-state index contributed by atoms with van der Waals surface area (Å²) in [6.07, 6.45) is 3.14. The van der Waals surface area contributed by atoms with Gasteiger partial charge >= 0.3 is 11.4 Å². The first-order valence-corrected chi connectivity index (χ1v) is 18.8. The number of ketones is 2. The highest BCUT2D eigenvalue weighted by atomic mass is 16.6. The van der Waals surface area contributed by atoms with Crippen molar-refractivity contribution in [3.8, 4) is 17.2 Å². The molecule has 300 valence electrons. The molecule has 1 N–H and O–H groups in total. The third-order valence-electron chi connectivity index (χ3n) is 12.3. The first-order valence-electron chi connectivity index (χ1n) is 18.8. The Morgan fingerprint density at radius 3 is 1.93 bits per heavy atom. The molecule has 4 aromatic rings. The number of ether oxygens (including phenoxy) is 2. The van der Waals surface area contributed by atoms with Crippen molar-refractivity contribution in [3.63, 3.8) is 0 Å². The molecule has 2 fully saturated rings. The molecule has 1 saturated carbocycles. The first-order chi connectivity index (χ1) is 28.3. The molecule has 0 aromatic heterocycles. The van der Waals surface area contributed by atoms with Gasteiger partial charge in [0.25, 0.3) is 0 Å². The summed E-state index contributed by atoms with van der Waals surface area (Å²) in [6.45, 7) is 0. The second kappa shape index (κ2) is 14.3. The number of allylic oxidation sites excluding steroid dienone is 4. The van der Waals surface area contributed by atoms with Gasteiger partial charge in [-0.15, -0.1) is 0 Å². The Balaban J connectivity index is 1.38. The van der Waals surface area contributed by atoms with Gasteiger partial charge < -0.3 is 19.5 Å². The highest BCUT2D eigenvalue weighted by Gasteiger charge is 2.67. The zero-order valence-electron chi connectivity index (χ0n) is 32.4. The standard InChI is InChI=1S/C44H38N4O11/c1-45(2)40-32(47(54)55)17-25(18-33(40)48(56)57)46-42(52)28-16-15-27-30(37(28)43(46)53)21-31-41(51)29(23-11-7-5-8-12-23)22-36(50)44(31,24-13-9-6-10-14-24)39(27)38-34(58-3)19-26(49)20-35(38)59-4/h5-15,17-20,22,28,30-31,37,39,49H,16,21H2,1-4H3/t28-,30+,31-,37-,39+,44-/m0/s1. The fourth-order valence-corrected chi connectivity index (χ4v) is 10.1. The molecular formula is C44H38N4O11. The van der Waals surface area contributed by atoms with E-state index in [0.29, 0.717) is 22.3 Å². The van der Waals surface area contributed by atoms with Crippen LogP contribution in [0.4, 0.5) is 22.7 Å². The lowest BCUT2D eigenvalue weighted by molar-refractivity contribution is -0.392. The SMILES string of the molecule is COc1cc(O)cc(OC)c1[C@H]1C2=CC[C@@H]3C(=O)N(c4cc([N+](=O)[O-])c(N(C)C)c([N+](=O)[O-])c4)C(=O)[C@@H]3[C@@H]2C[C@H]2C(=O)C(c3ccccc3)=CC(=O)[C@@]12c1ccccc1. The Kier molecular flexibility index (Phi) is 9.41. The molecule has 15 nitrogen and oxygen atoms in total. The quantitative estimate of drug-likeness (QED) is 0.0857. The Bertz CT molecular complexity index is 2490. The van der Waals surface area contributed by atoms with Crippen LogP contribution in [0, 0.1) is 43.9 Å². The van der Waals surface area contributed by atoms with E-state index in [-0.39, 0.29) is 58.6 Å². The predicted molar refractivity (Wildman–Crippen MR) is 214 cm³/mol. The van der Waals surface area contributed by atoms with Crippen molar-refractivity contribution in [2.75, 3.05) is 38.1 Å². The van der Waals surface area contributed by atoms with Gasteiger partial charge in [-0.1, -0.05) is 72.3 Å². The number of hydrogen-bond acceptors (Lipinski definition) is 12. The summed E-state index contributed by atoms with van der Waals surface area (Å²) >= 11 is 0. The van der Waals surface area contributed by atoms with Gasteiger partial charge in [-0.25, -0.2) is 4.90 Å². The largest absolute Gasteiger partial charge is 0.508 e. The fraction of sp³-hybridized carbons (Fsp3) is 0.273. The number of phenols is 1. The van der Waals surface area contributed by atoms with Crippen LogP contribution in [-0.4, -0.2) is 66.6 Å². The molecule has 2 amide bonds. The molecule has 0 spiro atoms. The van der Waals surface area contributed by atoms with Crippen LogP contribution in [0.2, 0.25) is 0 Å². The molecule has 59 heavy (non-hydrogen) atoms. The molecule has 4 aromatic carbocycles. The van der Waals surface area contributed by atoms with Gasteiger partial charge in [0.2, 0.25) is 11.8 Å². The van der Waals surface area contributed by atoms with Crippen LogP contribution in [-0.2, 0) is 24.6 Å². The minimum atomic E-state index is -1.64. The second-order valence-corrected chi connectivity index (χ2v) is 15.3. The molecule has 15 heteroatoms. The van der Waals surface area contributed by atoms with Gasteiger partial charge in [-0.05, 0) is 36.0 Å². The van der Waals surface area contributed by atoms with Crippen molar-refractivity contribution in [2.45, 2.75) is 24.2 Å². The van der Waals surface area contributed by atoms with Crippen molar-refractivity contribution in [3.05, 3.63) is 140 Å². The molecule has 0 radical (unpaired) electrons. The van der Waals surface area contributed by atoms with Crippen molar-refractivity contribution < 1.29 is 43.6 Å². The number of carbonyl (C=O) groups excluding carboxylic acids is 4. The zero-order chi connectivity index (χ0) is 42.1. The summed E-state index contributed by atoms with van der Waals surface area (Å²) in [7, 11) is 5.61. The fourth-order valence-electron chi connectivity index (χ4n) is 10.1. The van der Waals surface area contributed by atoms with E-state index in [0.717, 1.165) is 17.0 Å². The van der Waals surface area contributed by atoms with E-state index in [1.54, 1.807) is 60.7 Å². The van der Waals surface area contributed by atoms with E-state index in [2.05, 4.69) is 0 Å². The van der Waals surface area contributed by atoms with Gasteiger partial charge in [-0.2, -0.15) is 0 Å². The second-order valence-electron chi connectivity index (χ2n) is 15.3. The van der Waals surface area contributed by atoms with Gasteiger partial charge in [0, 0.05) is 61.3 Å². The number of imide groups is 1. The number of phenolic OH excluding ortho intramolecular Hbond substituents is 1. The van der Waals surface area contributed by atoms with Crippen LogP contribution >= 0.6 is 0 Å². The van der Waals surface area contributed by atoms with Gasteiger partial charge in [-0.3, -0.25) is 39.4 Å². The van der Waals surface area contributed by atoms with Crippen molar-refractivity contribution in [1.29, 1.82) is 0 Å². The van der Waals surface area contributed by atoms with Gasteiger partial charge in [0.05, 0.1) is 47.0 Å². The number of Topliss-reactive ketones (excluding diaryl/α,β-unsaturated/α-hetero) is 1. The molecule has 1 saturated heterocycles. The molecular weight excluding hydrogens is 761 g/mol. The Morgan fingerprint density at radius 2 is 1.39 bits per heavy atom. The van der Waals surface area contributed by atoms with Crippen LogP contribution in [0.25, 0.3) is 5.57 Å². The summed E-state index contributed by atoms with van der Waals surface area (Å²) < 4.78 is 11.8. The molecule has 8 rings (SSSR count). The normalized spacial score (nSPS) is 24.7. The average Bonchev–Trinajstić information content (AvgIpc) is 3.49. The van der Waals surface area contributed by atoms with E-state index in [9.17, 15) is 34.9 Å². The lowest BCUT2D eigenvalue weighted by Gasteiger charge is -2.55. The van der Waals surface area contributed by atoms with Crippen molar-refractivity contribution >= 4 is 51.7 Å². The Hall–Kier alpha value is -7.16. The lowest BCUT2D eigenvalue weighted by atomic mass is 9.44. The first kappa shape index (κ1) is 38.7. The summed E-state index contributed by atoms with van der Waals surface area (Å²) in [5, 5.41) is 35.4. The van der Waals surface area contributed by atoms with E-state index in [4.69, 9.17) is 9.47 Å². The minimum absolute atomic E-state index is 0.000463. The number of fused-ring (bicyclic) bond motifs is 4. The zero-order valence-corrected chi connectivity index (χ0v) is 32.4. The highest BCUT2D eigenvalue weighted by molar-refractivity contribution is 6.32. The van der Waals surface area contributed by atoms with Crippen LogP contribution < -0.4 is 19.3 Å². The number of rotatable bonds is 9. The molecule has 1 aliphatic heterocycles. The molecule has 4 aliphatic rings. The number of nitro benzene ring substituents is 2. The maximum atomic E-state index is 15.4. The van der Waals surface area contributed by atoms with Crippen LogP contribution in [0.1, 0.15) is 35.4 Å². The van der Waals surface area contributed by atoms with Crippen LogP contribution in [0.5, 0.6) is 17.2 Å². The number of anilines is 2. The Labute approximate surface area is 337 Å². The molecule has 1 heterocycles. The predicted octanol–water partition coefficient (Wildman–Crippen LogP) is 6.32.